The van der Waals surface area contributed by atoms with Crippen LogP contribution in [0.4, 0.5) is 15.8 Å². The lowest BCUT2D eigenvalue weighted by molar-refractivity contribution is -0.136. The number of piperidine rings is 1. The van der Waals surface area contributed by atoms with E-state index in [1.807, 2.05) is 29.2 Å². The van der Waals surface area contributed by atoms with Crippen molar-refractivity contribution in [1.29, 1.82) is 0 Å². The minimum absolute atomic E-state index is 0.00346. The SMILES string of the molecule is COc1cccc(F)c1-c1ncc2[nH]nc(-c3ccc(N4CCN(C(=O)CCOCCNc5cccc6c5C(=O)N(C5CCC(=O)NC5=O)C6=O)CC4)cc3)c2n1. The van der Waals surface area contributed by atoms with Crippen molar-refractivity contribution in [3.8, 4) is 28.4 Å². The number of amides is 5. The number of fused-ring (bicyclic) bond motifs is 2. The van der Waals surface area contributed by atoms with Crippen LogP contribution >= 0.6 is 0 Å². The van der Waals surface area contributed by atoms with Crippen molar-refractivity contribution in [3.05, 3.63) is 83.8 Å². The molecule has 0 spiro atoms. The normalized spacial score (nSPS) is 16.9. The molecule has 57 heavy (non-hydrogen) atoms. The monoisotopic (exact) mass is 775 g/mol. The number of ether oxygens (including phenoxy) is 2. The fourth-order valence-electron chi connectivity index (χ4n) is 7.41. The van der Waals surface area contributed by atoms with Crippen LogP contribution in [0.1, 0.15) is 40.0 Å². The number of carbonyl (C=O) groups excluding carboxylic acids is 5. The topological polar surface area (TPSA) is 192 Å². The summed E-state index contributed by atoms with van der Waals surface area (Å²) in [5.41, 5.74) is 4.60. The number of anilines is 2. The summed E-state index contributed by atoms with van der Waals surface area (Å²) in [6.07, 6.45) is 1.92. The molecule has 16 nitrogen and oxygen atoms in total. The van der Waals surface area contributed by atoms with Gasteiger partial charge in [0.25, 0.3) is 11.8 Å². The number of piperazine rings is 1. The Morgan fingerprint density at radius 2 is 1.74 bits per heavy atom. The summed E-state index contributed by atoms with van der Waals surface area (Å²) in [6, 6.07) is 16.3. The van der Waals surface area contributed by atoms with Gasteiger partial charge in [-0.15, -0.1) is 0 Å². The highest BCUT2D eigenvalue weighted by molar-refractivity contribution is 6.25. The molecule has 17 heteroatoms. The maximum absolute atomic E-state index is 14.8. The zero-order valence-electron chi connectivity index (χ0n) is 30.9. The molecule has 0 radical (unpaired) electrons. The lowest BCUT2D eigenvalue weighted by Crippen LogP contribution is -2.54. The highest BCUT2D eigenvalue weighted by Gasteiger charge is 2.45. The summed E-state index contributed by atoms with van der Waals surface area (Å²) in [4.78, 5) is 77.3. The van der Waals surface area contributed by atoms with Crippen molar-refractivity contribution < 1.29 is 37.8 Å². The van der Waals surface area contributed by atoms with E-state index < -0.39 is 35.5 Å². The number of H-pyrrole nitrogens is 1. The van der Waals surface area contributed by atoms with E-state index in [9.17, 15) is 28.4 Å². The molecule has 3 N–H and O–H groups in total. The van der Waals surface area contributed by atoms with Gasteiger partial charge >= 0.3 is 0 Å². The third-order valence-corrected chi connectivity index (χ3v) is 10.3. The Kier molecular flexibility index (Phi) is 10.3. The van der Waals surface area contributed by atoms with Gasteiger partial charge in [-0.2, -0.15) is 5.10 Å². The molecule has 5 amide bonds. The number of hydrogen-bond donors (Lipinski definition) is 3. The molecule has 0 bridgehead atoms. The van der Waals surface area contributed by atoms with Crippen LogP contribution in [0, 0.1) is 5.82 Å². The first-order chi connectivity index (χ1) is 27.7. The second-order valence-corrected chi connectivity index (χ2v) is 13.7. The van der Waals surface area contributed by atoms with E-state index in [1.54, 1.807) is 30.5 Å². The highest BCUT2D eigenvalue weighted by atomic mass is 19.1. The molecular formula is C40H38FN9O7. The number of aromatic amines is 1. The van der Waals surface area contributed by atoms with Gasteiger partial charge in [0, 0.05) is 56.1 Å². The Morgan fingerprint density at radius 1 is 0.947 bits per heavy atom. The van der Waals surface area contributed by atoms with Crippen molar-refractivity contribution in [3.63, 3.8) is 0 Å². The molecule has 2 saturated heterocycles. The van der Waals surface area contributed by atoms with Crippen molar-refractivity contribution >= 4 is 51.9 Å². The first-order valence-corrected chi connectivity index (χ1v) is 18.5. The van der Waals surface area contributed by atoms with Gasteiger partial charge in [-0.1, -0.05) is 24.3 Å². The molecule has 1 unspecified atom stereocenters. The van der Waals surface area contributed by atoms with E-state index in [4.69, 9.17) is 9.47 Å². The predicted octanol–water partition coefficient (Wildman–Crippen LogP) is 3.40. The van der Waals surface area contributed by atoms with Crippen LogP contribution < -0.4 is 20.3 Å². The summed E-state index contributed by atoms with van der Waals surface area (Å²) in [7, 11) is 1.47. The predicted molar refractivity (Wildman–Crippen MR) is 205 cm³/mol. The van der Waals surface area contributed by atoms with E-state index in [0.717, 1.165) is 16.2 Å². The number of hydrogen-bond acceptors (Lipinski definition) is 12. The number of nitrogens with zero attached hydrogens (tertiary/aromatic N) is 6. The zero-order chi connectivity index (χ0) is 39.6. The Hall–Kier alpha value is -6.75. The van der Waals surface area contributed by atoms with Crippen molar-refractivity contribution in [2.45, 2.75) is 25.3 Å². The second kappa shape index (κ2) is 15.8. The van der Waals surface area contributed by atoms with Gasteiger partial charge in [-0.05, 0) is 42.8 Å². The first kappa shape index (κ1) is 37.2. The lowest BCUT2D eigenvalue weighted by atomic mass is 10.0. The van der Waals surface area contributed by atoms with Crippen LogP contribution in [-0.2, 0) is 19.1 Å². The zero-order valence-corrected chi connectivity index (χ0v) is 30.9. The number of imide groups is 2. The number of aromatic nitrogens is 4. The van der Waals surface area contributed by atoms with Crippen molar-refractivity contribution in [1.82, 2.24) is 35.3 Å². The van der Waals surface area contributed by atoms with Crippen molar-refractivity contribution in [2.75, 3.05) is 63.3 Å². The minimum atomic E-state index is -1.04. The fourth-order valence-corrected chi connectivity index (χ4v) is 7.41. The Labute approximate surface area is 325 Å². The molecule has 0 aliphatic carbocycles. The minimum Gasteiger partial charge on any atom is -0.496 e. The Balaban J connectivity index is 0.795. The Morgan fingerprint density at radius 3 is 2.51 bits per heavy atom. The van der Waals surface area contributed by atoms with Gasteiger partial charge in [0.05, 0.1) is 49.6 Å². The maximum Gasteiger partial charge on any atom is 0.264 e. The molecule has 5 aromatic rings. The molecule has 0 saturated carbocycles. The number of halogens is 1. The first-order valence-electron chi connectivity index (χ1n) is 18.5. The van der Waals surface area contributed by atoms with E-state index in [2.05, 4.69) is 35.7 Å². The number of carbonyl (C=O) groups is 5. The van der Waals surface area contributed by atoms with E-state index >= 15 is 0 Å². The van der Waals surface area contributed by atoms with Gasteiger partial charge in [0.2, 0.25) is 17.7 Å². The quantitative estimate of drug-likeness (QED) is 0.124. The van der Waals surface area contributed by atoms with Gasteiger partial charge in [-0.3, -0.25) is 39.3 Å². The molecule has 8 rings (SSSR count). The van der Waals surface area contributed by atoms with Crippen molar-refractivity contribution in [2.24, 2.45) is 0 Å². The smallest absolute Gasteiger partial charge is 0.264 e. The molecule has 3 aliphatic heterocycles. The summed E-state index contributed by atoms with van der Waals surface area (Å²) in [6.45, 7) is 3.23. The summed E-state index contributed by atoms with van der Waals surface area (Å²) < 4.78 is 25.8. The standard InChI is InChI=1S/C40H38FN9O7/c1-56-30-7-3-5-26(41)34(30)37-43-22-28-36(45-37)35(47-46-28)23-8-10-24(11-9-23)48-16-18-49(19-17-48)32(52)14-20-57-21-15-42-27-6-2-4-25-33(27)40(55)50(39(25)54)29-12-13-31(51)44-38(29)53/h2-11,22,29,42H,12-21H2,1H3,(H,46,47)(H,44,51,53). The molecule has 5 heterocycles. The van der Waals surface area contributed by atoms with Gasteiger partial charge in [0.1, 0.15) is 34.3 Å². The van der Waals surface area contributed by atoms with Crippen LogP contribution in [0.3, 0.4) is 0 Å². The summed E-state index contributed by atoms with van der Waals surface area (Å²) >= 11 is 0. The van der Waals surface area contributed by atoms with E-state index in [1.165, 1.54) is 19.2 Å². The van der Waals surface area contributed by atoms with Gasteiger partial charge in [-0.25, -0.2) is 14.4 Å². The lowest BCUT2D eigenvalue weighted by Gasteiger charge is -2.36. The second-order valence-electron chi connectivity index (χ2n) is 13.7. The molecule has 3 aromatic carbocycles. The van der Waals surface area contributed by atoms with Gasteiger partial charge in [0.15, 0.2) is 5.82 Å². The highest BCUT2D eigenvalue weighted by Crippen LogP contribution is 2.34. The van der Waals surface area contributed by atoms with E-state index in [-0.39, 0.29) is 60.9 Å². The van der Waals surface area contributed by atoms with Crippen LogP contribution in [0.15, 0.2) is 66.9 Å². The van der Waals surface area contributed by atoms with Gasteiger partial charge < -0.3 is 24.6 Å². The number of benzene rings is 3. The fraction of sp³-hybridized carbons (Fsp3) is 0.300. The molecule has 2 fully saturated rings. The number of methoxy groups -OCH3 is 1. The molecule has 3 aliphatic rings. The average Bonchev–Trinajstić information content (AvgIpc) is 3.76. The maximum atomic E-state index is 14.8. The van der Waals surface area contributed by atoms with Crippen LogP contribution in [0.2, 0.25) is 0 Å². The van der Waals surface area contributed by atoms with E-state index in [0.29, 0.717) is 60.9 Å². The number of nitrogens with one attached hydrogen (secondary N) is 3. The third-order valence-electron chi connectivity index (χ3n) is 10.3. The van der Waals surface area contributed by atoms with Crippen LogP contribution in [0.5, 0.6) is 5.75 Å². The Bertz CT molecular complexity index is 2390. The molecule has 292 valence electrons. The van der Waals surface area contributed by atoms with Crippen LogP contribution in [0.25, 0.3) is 33.7 Å². The third kappa shape index (κ3) is 7.24. The molecular weight excluding hydrogens is 737 g/mol. The van der Waals surface area contributed by atoms with Crippen LogP contribution in [-0.4, -0.2) is 119 Å². The molecule has 2 aromatic heterocycles. The summed E-state index contributed by atoms with van der Waals surface area (Å²) in [5.74, 6) is -2.22. The largest absolute Gasteiger partial charge is 0.496 e. The number of rotatable bonds is 12. The average molecular weight is 776 g/mol. The molecule has 1 atom stereocenters. The summed E-state index contributed by atoms with van der Waals surface area (Å²) in [5, 5.41) is 12.8.